The molecule has 0 aliphatic carbocycles. The maximum atomic E-state index is 9.81. The van der Waals surface area contributed by atoms with Gasteiger partial charge in [0.05, 0.1) is 6.10 Å². The van der Waals surface area contributed by atoms with Crippen molar-refractivity contribution in [3.05, 3.63) is 0 Å². The number of hydrogen-bond acceptors (Lipinski definition) is 1. The van der Waals surface area contributed by atoms with Gasteiger partial charge in [0.15, 0.2) is 0 Å². The van der Waals surface area contributed by atoms with E-state index >= 15 is 0 Å². The van der Waals surface area contributed by atoms with Crippen LogP contribution in [0.1, 0.15) is 97.3 Å². The van der Waals surface area contributed by atoms with Crippen LogP contribution in [0.4, 0.5) is 0 Å². The van der Waals surface area contributed by atoms with E-state index in [4.69, 9.17) is 0 Å². The predicted molar refractivity (Wildman–Crippen MR) is 77.4 cm³/mol. The third kappa shape index (κ3) is 13.9. The summed E-state index contributed by atoms with van der Waals surface area (Å²) in [5.74, 6) is 0. The average Bonchev–Trinajstić information content (AvgIpc) is 2.33. The Balaban J connectivity index is 3.09. The van der Waals surface area contributed by atoms with Crippen LogP contribution in [0.3, 0.4) is 0 Å². The molecule has 1 heteroatoms. The smallest absolute Gasteiger partial charge is 0.0540 e. The minimum absolute atomic E-state index is 0.0252. The van der Waals surface area contributed by atoms with Crippen molar-refractivity contribution in [3.8, 4) is 0 Å². The molecule has 0 aromatic rings. The fourth-order valence-corrected chi connectivity index (χ4v) is 2.29. The van der Waals surface area contributed by atoms with Crippen LogP contribution in [0.15, 0.2) is 0 Å². The van der Waals surface area contributed by atoms with Gasteiger partial charge in [-0.3, -0.25) is 0 Å². The molecular formula is C16H34O. The SMILES string of the molecule is CCCCCCCC[C@H](O)CCCCCCC. The summed E-state index contributed by atoms with van der Waals surface area (Å²) in [6.45, 7) is 4.50. The highest BCUT2D eigenvalue weighted by atomic mass is 16.3. The van der Waals surface area contributed by atoms with Gasteiger partial charge in [0.25, 0.3) is 0 Å². The topological polar surface area (TPSA) is 20.2 Å². The molecule has 0 saturated carbocycles. The Morgan fingerprint density at radius 1 is 0.588 bits per heavy atom. The number of rotatable bonds is 13. The molecule has 0 spiro atoms. The summed E-state index contributed by atoms with van der Waals surface area (Å²) in [6, 6.07) is 0. The highest BCUT2D eigenvalue weighted by molar-refractivity contribution is 4.57. The second-order valence-electron chi connectivity index (χ2n) is 5.41. The quantitative estimate of drug-likeness (QED) is 0.425. The zero-order valence-electron chi connectivity index (χ0n) is 12.2. The molecule has 0 aliphatic heterocycles. The van der Waals surface area contributed by atoms with Gasteiger partial charge < -0.3 is 5.11 Å². The Morgan fingerprint density at radius 3 is 1.35 bits per heavy atom. The number of unbranched alkanes of at least 4 members (excludes halogenated alkanes) is 9. The van der Waals surface area contributed by atoms with E-state index in [1.54, 1.807) is 0 Å². The molecule has 1 N–H and O–H groups in total. The van der Waals surface area contributed by atoms with Crippen molar-refractivity contribution in [1.29, 1.82) is 0 Å². The molecule has 0 fully saturated rings. The molecule has 0 aromatic carbocycles. The van der Waals surface area contributed by atoms with Crippen LogP contribution in [0.5, 0.6) is 0 Å². The summed E-state index contributed by atoms with van der Waals surface area (Å²) in [5.41, 5.74) is 0. The first kappa shape index (κ1) is 17.0. The second kappa shape index (κ2) is 14.0. The zero-order chi connectivity index (χ0) is 12.8. The lowest BCUT2D eigenvalue weighted by Crippen LogP contribution is -2.05. The maximum absolute atomic E-state index is 9.81. The van der Waals surface area contributed by atoms with E-state index in [-0.39, 0.29) is 6.10 Å². The first-order chi connectivity index (χ1) is 8.31. The van der Waals surface area contributed by atoms with Crippen LogP contribution >= 0.6 is 0 Å². The molecule has 0 unspecified atom stereocenters. The Hall–Kier alpha value is -0.0400. The van der Waals surface area contributed by atoms with Crippen molar-refractivity contribution in [3.63, 3.8) is 0 Å². The van der Waals surface area contributed by atoms with E-state index < -0.39 is 0 Å². The molecule has 1 atom stereocenters. The fourth-order valence-electron chi connectivity index (χ4n) is 2.29. The highest BCUT2D eigenvalue weighted by Gasteiger charge is 2.03. The molecule has 0 rings (SSSR count). The van der Waals surface area contributed by atoms with Crippen LogP contribution in [-0.2, 0) is 0 Å². The van der Waals surface area contributed by atoms with E-state index in [0.29, 0.717) is 0 Å². The molecule has 0 aliphatic rings. The Bertz CT molecular complexity index is 133. The molecule has 0 bridgehead atoms. The van der Waals surface area contributed by atoms with E-state index in [0.717, 1.165) is 12.8 Å². The zero-order valence-corrected chi connectivity index (χ0v) is 12.2. The summed E-state index contributed by atoms with van der Waals surface area (Å²) in [7, 11) is 0. The molecule has 0 heterocycles. The third-order valence-electron chi connectivity index (χ3n) is 3.53. The van der Waals surface area contributed by atoms with Crippen molar-refractivity contribution >= 4 is 0 Å². The summed E-state index contributed by atoms with van der Waals surface area (Å²) in [5, 5.41) is 9.81. The summed E-state index contributed by atoms with van der Waals surface area (Å²) < 4.78 is 0. The van der Waals surface area contributed by atoms with Crippen LogP contribution in [0, 0.1) is 0 Å². The molecule has 104 valence electrons. The van der Waals surface area contributed by atoms with Crippen molar-refractivity contribution in [1.82, 2.24) is 0 Å². The molecule has 1 nitrogen and oxygen atoms in total. The van der Waals surface area contributed by atoms with Gasteiger partial charge in [0.1, 0.15) is 0 Å². The monoisotopic (exact) mass is 242 g/mol. The van der Waals surface area contributed by atoms with Crippen LogP contribution in [0.25, 0.3) is 0 Å². The van der Waals surface area contributed by atoms with E-state index in [2.05, 4.69) is 13.8 Å². The van der Waals surface area contributed by atoms with Crippen molar-refractivity contribution in [2.24, 2.45) is 0 Å². The van der Waals surface area contributed by atoms with E-state index in [1.165, 1.54) is 70.6 Å². The maximum Gasteiger partial charge on any atom is 0.0540 e. The molecule has 0 amide bonds. The van der Waals surface area contributed by atoms with Gasteiger partial charge in [-0.15, -0.1) is 0 Å². The first-order valence-electron chi connectivity index (χ1n) is 7.99. The molecule has 0 saturated heterocycles. The number of aliphatic hydroxyl groups is 1. The van der Waals surface area contributed by atoms with Gasteiger partial charge in [-0.25, -0.2) is 0 Å². The number of hydrogen-bond donors (Lipinski definition) is 1. The first-order valence-corrected chi connectivity index (χ1v) is 7.99. The summed E-state index contributed by atoms with van der Waals surface area (Å²) in [4.78, 5) is 0. The van der Waals surface area contributed by atoms with E-state index in [9.17, 15) is 5.11 Å². The molecular weight excluding hydrogens is 208 g/mol. The largest absolute Gasteiger partial charge is 0.393 e. The lowest BCUT2D eigenvalue weighted by Gasteiger charge is -2.10. The fraction of sp³-hybridized carbons (Fsp3) is 1.00. The molecule has 0 radical (unpaired) electrons. The lowest BCUT2D eigenvalue weighted by molar-refractivity contribution is 0.147. The predicted octanol–water partition coefficient (Wildman–Crippen LogP) is 5.46. The van der Waals surface area contributed by atoms with Gasteiger partial charge in [0.2, 0.25) is 0 Å². The molecule has 17 heavy (non-hydrogen) atoms. The highest BCUT2D eigenvalue weighted by Crippen LogP contribution is 2.13. The van der Waals surface area contributed by atoms with E-state index in [1.807, 2.05) is 0 Å². The number of aliphatic hydroxyl groups excluding tert-OH is 1. The normalized spacial score (nSPS) is 12.9. The lowest BCUT2D eigenvalue weighted by atomic mass is 10.0. The van der Waals surface area contributed by atoms with Crippen LogP contribution < -0.4 is 0 Å². The minimum Gasteiger partial charge on any atom is -0.393 e. The van der Waals surface area contributed by atoms with Crippen molar-refractivity contribution < 1.29 is 5.11 Å². The average molecular weight is 242 g/mol. The van der Waals surface area contributed by atoms with Gasteiger partial charge >= 0.3 is 0 Å². The van der Waals surface area contributed by atoms with Gasteiger partial charge in [0, 0.05) is 0 Å². The van der Waals surface area contributed by atoms with Crippen LogP contribution in [-0.4, -0.2) is 11.2 Å². The Morgan fingerprint density at radius 2 is 0.941 bits per heavy atom. The van der Waals surface area contributed by atoms with Crippen LogP contribution in [0.2, 0.25) is 0 Å². The standard InChI is InChI=1S/C16H34O/c1-3-5-7-9-11-13-15-16(17)14-12-10-8-6-4-2/h16-17H,3-15H2,1-2H3/t16-/m1/s1. The van der Waals surface area contributed by atoms with Crippen molar-refractivity contribution in [2.45, 2.75) is 103 Å². The second-order valence-corrected chi connectivity index (χ2v) is 5.41. The molecule has 0 aromatic heterocycles. The van der Waals surface area contributed by atoms with Gasteiger partial charge in [-0.1, -0.05) is 84.5 Å². The minimum atomic E-state index is -0.0252. The van der Waals surface area contributed by atoms with Gasteiger partial charge in [-0.2, -0.15) is 0 Å². The Labute approximate surface area is 109 Å². The van der Waals surface area contributed by atoms with Gasteiger partial charge in [-0.05, 0) is 12.8 Å². The summed E-state index contributed by atoms with van der Waals surface area (Å²) >= 11 is 0. The summed E-state index contributed by atoms with van der Waals surface area (Å²) in [6.07, 6.45) is 16.5. The van der Waals surface area contributed by atoms with Crippen molar-refractivity contribution in [2.75, 3.05) is 0 Å². The third-order valence-corrected chi connectivity index (χ3v) is 3.53. The Kier molecular flexibility index (Phi) is 14.0.